The van der Waals surface area contributed by atoms with E-state index in [2.05, 4.69) is 5.32 Å². The minimum absolute atomic E-state index is 0.218. The maximum atomic E-state index is 13.0. The molecule has 6 heteroatoms. The van der Waals surface area contributed by atoms with Crippen LogP contribution < -0.4 is 5.32 Å². The first-order valence-corrected chi connectivity index (χ1v) is 11.4. The highest BCUT2D eigenvalue weighted by atomic mass is 32.2. The van der Waals surface area contributed by atoms with E-state index in [0.29, 0.717) is 24.3 Å². The van der Waals surface area contributed by atoms with Crippen LogP contribution in [0.2, 0.25) is 0 Å². The Balaban J connectivity index is 1.59. The number of carbonyl (C=O) groups excluding carboxylic acids is 1. The smallest absolute Gasteiger partial charge is 0.256 e. The van der Waals surface area contributed by atoms with Crippen molar-refractivity contribution in [3.05, 3.63) is 72.3 Å². The molecule has 0 spiro atoms. The topological polar surface area (TPSA) is 66.5 Å². The van der Waals surface area contributed by atoms with Gasteiger partial charge < -0.3 is 5.32 Å². The summed E-state index contributed by atoms with van der Waals surface area (Å²) >= 11 is 0. The Hall–Kier alpha value is -2.70. The first kappa shape index (κ1) is 19.6. The summed E-state index contributed by atoms with van der Waals surface area (Å²) in [5.74, 6) is -0.258. The van der Waals surface area contributed by atoms with Crippen LogP contribution in [-0.2, 0) is 10.0 Å². The fraction of sp³-hybridized carbons (Fsp3) is 0.261. The fourth-order valence-corrected chi connectivity index (χ4v) is 5.35. The maximum absolute atomic E-state index is 13.0. The number of anilines is 1. The van der Waals surface area contributed by atoms with Crippen LogP contribution in [0.4, 0.5) is 5.69 Å². The first-order chi connectivity index (χ1) is 14.1. The maximum Gasteiger partial charge on any atom is 0.256 e. The average Bonchev–Trinajstić information content (AvgIpc) is 3.04. The Morgan fingerprint density at radius 3 is 2.31 bits per heavy atom. The lowest BCUT2D eigenvalue weighted by molar-refractivity contribution is 0.102. The summed E-state index contributed by atoms with van der Waals surface area (Å²) in [6.07, 6.45) is 3.90. The lowest BCUT2D eigenvalue weighted by Crippen LogP contribution is -2.32. The van der Waals surface area contributed by atoms with E-state index in [9.17, 15) is 13.2 Å². The summed E-state index contributed by atoms with van der Waals surface area (Å²) < 4.78 is 27.6. The van der Waals surface area contributed by atoms with Gasteiger partial charge in [-0.15, -0.1) is 0 Å². The molecule has 1 N–H and O–H groups in total. The molecule has 4 rings (SSSR count). The molecular weight excluding hydrogens is 384 g/mol. The molecule has 0 bridgehead atoms. The molecule has 0 saturated carbocycles. The standard InChI is InChI=1S/C23H24N2O3S/c26-23(22-14-7-10-18-9-3-4-13-21(18)22)24-19-11-8-12-20(17-19)29(27,28)25-15-5-1-2-6-16-25/h3-4,7-14,17H,1-2,5-6,15-16H2,(H,24,26). The number of nitrogens with zero attached hydrogens (tertiary/aromatic N) is 1. The van der Waals surface area contributed by atoms with Crippen LogP contribution in [0.3, 0.4) is 0 Å². The summed E-state index contributed by atoms with van der Waals surface area (Å²) in [6, 6.07) is 19.8. The molecule has 3 aromatic rings. The predicted molar refractivity (Wildman–Crippen MR) is 116 cm³/mol. The Kier molecular flexibility index (Phi) is 5.65. The van der Waals surface area contributed by atoms with E-state index in [4.69, 9.17) is 0 Å². The molecule has 0 unspecified atom stereocenters. The van der Waals surface area contributed by atoms with E-state index in [1.807, 2.05) is 36.4 Å². The van der Waals surface area contributed by atoms with Gasteiger partial charge in [0.05, 0.1) is 4.90 Å². The van der Waals surface area contributed by atoms with Crippen molar-refractivity contribution in [1.82, 2.24) is 4.31 Å². The Bertz CT molecular complexity index is 1130. The number of nitrogens with one attached hydrogen (secondary N) is 1. The van der Waals surface area contributed by atoms with E-state index in [1.54, 1.807) is 34.6 Å². The Labute approximate surface area is 171 Å². The number of fused-ring (bicyclic) bond motifs is 1. The van der Waals surface area contributed by atoms with Crippen molar-refractivity contribution in [1.29, 1.82) is 0 Å². The van der Waals surface area contributed by atoms with Gasteiger partial charge in [0.1, 0.15) is 0 Å². The number of benzene rings is 3. The van der Waals surface area contributed by atoms with Crippen LogP contribution in [0.25, 0.3) is 10.8 Å². The van der Waals surface area contributed by atoms with Gasteiger partial charge in [0.25, 0.3) is 5.91 Å². The predicted octanol–water partition coefficient (Wildman–Crippen LogP) is 4.66. The first-order valence-electron chi connectivity index (χ1n) is 9.95. The highest BCUT2D eigenvalue weighted by molar-refractivity contribution is 7.89. The molecule has 5 nitrogen and oxygen atoms in total. The molecular formula is C23H24N2O3S. The molecule has 1 heterocycles. The second kappa shape index (κ2) is 8.35. The lowest BCUT2D eigenvalue weighted by Gasteiger charge is -2.20. The largest absolute Gasteiger partial charge is 0.322 e. The third-order valence-corrected chi connectivity index (χ3v) is 7.22. The molecule has 29 heavy (non-hydrogen) atoms. The highest BCUT2D eigenvalue weighted by Crippen LogP contribution is 2.24. The number of amides is 1. The van der Waals surface area contributed by atoms with Crippen molar-refractivity contribution >= 4 is 32.4 Å². The van der Waals surface area contributed by atoms with E-state index in [0.717, 1.165) is 36.5 Å². The molecule has 1 amide bonds. The van der Waals surface area contributed by atoms with E-state index in [1.165, 1.54) is 0 Å². The van der Waals surface area contributed by atoms with Crippen molar-refractivity contribution in [2.75, 3.05) is 18.4 Å². The van der Waals surface area contributed by atoms with E-state index >= 15 is 0 Å². The quantitative estimate of drug-likeness (QED) is 0.683. The third-order valence-electron chi connectivity index (χ3n) is 5.33. The molecule has 1 aliphatic heterocycles. The molecule has 150 valence electrons. The van der Waals surface area contributed by atoms with Gasteiger partial charge in [-0.05, 0) is 47.9 Å². The molecule has 1 fully saturated rings. The number of rotatable bonds is 4. The molecule has 0 radical (unpaired) electrons. The summed E-state index contributed by atoms with van der Waals surface area (Å²) in [4.78, 5) is 13.1. The average molecular weight is 409 g/mol. The van der Waals surface area contributed by atoms with Crippen LogP contribution in [0.1, 0.15) is 36.0 Å². The second-order valence-corrected chi connectivity index (χ2v) is 9.26. The molecule has 0 aromatic heterocycles. The van der Waals surface area contributed by atoms with Gasteiger partial charge in [-0.3, -0.25) is 4.79 Å². The summed E-state index contributed by atoms with van der Waals surface area (Å²) in [5.41, 5.74) is 1.03. The van der Waals surface area contributed by atoms with Crippen molar-refractivity contribution < 1.29 is 13.2 Å². The highest BCUT2D eigenvalue weighted by Gasteiger charge is 2.25. The van der Waals surface area contributed by atoms with E-state index < -0.39 is 10.0 Å². The molecule has 1 aliphatic rings. The summed E-state index contributed by atoms with van der Waals surface area (Å²) in [6.45, 7) is 1.10. The van der Waals surface area contributed by atoms with Gasteiger partial charge in [-0.1, -0.05) is 55.3 Å². The number of carbonyl (C=O) groups is 1. The molecule has 0 atom stereocenters. The lowest BCUT2D eigenvalue weighted by atomic mass is 10.0. The zero-order valence-corrected chi connectivity index (χ0v) is 17.0. The van der Waals surface area contributed by atoms with Gasteiger partial charge in [-0.2, -0.15) is 4.31 Å². The minimum atomic E-state index is -3.56. The third kappa shape index (κ3) is 4.18. The molecule has 0 aliphatic carbocycles. The van der Waals surface area contributed by atoms with Crippen LogP contribution in [0.5, 0.6) is 0 Å². The van der Waals surface area contributed by atoms with Crippen LogP contribution >= 0.6 is 0 Å². The summed E-state index contributed by atoms with van der Waals surface area (Å²) in [5, 5.41) is 4.70. The fourth-order valence-electron chi connectivity index (χ4n) is 3.79. The van der Waals surface area contributed by atoms with Crippen molar-refractivity contribution in [2.24, 2.45) is 0 Å². The Morgan fingerprint density at radius 2 is 1.52 bits per heavy atom. The van der Waals surface area contributed by atoms with Gasteiger partial charge >= 0.3 is 0 Å². The number of sulfonamides is 1. The normalized spacial score (nSPS) is 15.7. The number of hydrogen-bond donors (Lipinski definition) is 1. The van der Waals surface area contributed by atoms with Crippen LogP contribution in [-0.4, -0.2) is 31.7 Å². The van der Waals surface area contributed by atoms with Gasteiger partial charge in [0.2, 0.25) is 10.0 Å². The van der Waals surface area contributed by atoms with Gasteiger partial charge in [-0.25, -0.2) is 8.42 Å². The van der Waals surface area contributed by atoms with Gasteiger partial charge in [0, 0.05) is 24.3 Å². The molecule has 3 aromatic carbocycles. The van der Waals surface area contributed by atoms with Gasteiger partial charge in [0.15, 0.2) is 0 Å². The van der Waals surface area contributed by atoms with Crippen LogP contribution in [0, 0.1) is 0 Å². The zero-order chi connectivity index (χ0) is 20.3. The molecule has 1 saturated heterocycles. The van der Waals surface area contributed by atoms with Crippen molar-refractivity contribution in [2.45, 2.75) is 30.6 Å². The second-order valence-electron chi connectivity index (χ2n) is 7.33. The number of hydrogen-bond acceptors (Lipinski definition) is 3. The van der Waals surface area contributed by atoms with Crippen LogP contribution in [0.15, 0.2) is 71.6 Å². The monoisotopic (exact) mass is 408 g/mol. The Morgan fingerprint density at radius 1 is 0.828 bits per heavy atom. The van der Waals surface area contributed by atoms with E-state index in [-0.39, 0.29) is 10.8 Å². The summed E-state index contributed by atoms with van der Waals surface area (Å²) in [7, 11) is -3.56. The van der Waals surface area contributed by atoms with Crippen molar-refractivity contribution in [3.63, 3.8) is 0 Å². The zero-order valence-electron chi connectivity index (χ0n) is 16.2. The van der Waals surface area contributed by atoms with Crippen molar-refractivity contribution in [3.8, 4) is 0 Å². The SMILES string of the molecule is O=C(Nc1cccc(S(=O)(=O)N2CCCCCC2)c1)c1cccc2ccccc12. The minimum Gasteiger partial charge on any atom is -0.322 e.